The highest BCUT2D eigenvalue weighted by Gasteiger charge is 2.21. The van der Waals surface area contributed by atoms with E-state index in [1.165, 1.54) is 7.11 Å². The third-order valence-corrected chi connectivity index (χ3v) is 4.61. The van der Waals surface area contributed by atoms with Gasteiger partial charge in [-0.05, 0) is 13.0 Å². The Morgan fingerprint density at radius 3 is 2.82 bits per heavy atom. The molecular formula is C15H19N3O3S. The molecule has 0 aliphatic carbocycles. The quantitative estimate of drug-likeness (QED) is 0.804. The molecule has 2 aromatic heterocycles. The number of esters is 1. The van der Waals surface area contributed by atoms with Crippen molar-refractivity contribution in [3.05, 3.63) is 34.7 Å². The second-order valence-corrected chi connectivity index (χ2v) is 6.17. The summed E-state index contributed by atoms with van der Waals surface area (Å²) in [6.45, 7) is 6.39. The van der Waals surface area contributed by atoms with Crippen LogP contribution in [0.25, 0.3) is 0 Å². The Kier molecular flexibility index (Phi) is 4.44. The van der Waals surface area contributed by atoms with Gasteiger partial charge in [-0.15, -0.1) is 11.3 Å². The summed E-state index contributed by atoms with van der Waals surface area (Å²) < 4.78 is 10.3. The summed E-state index contributed by atoms with van der Waals surface area (Å²) in [7, 11) is 1.36. The van der Waals surface area contributed by atoms with Crippen LogP contribution in [0.15, 0.2) is 22.1 Å². The van der Waals surface area contributed by atoms with Crippen LogP contribution in [0.2, 0.25) is 0 Å². The summed E-state index contributed by atoms with van der Waals surface area (Å²) in [5, 5.41) is 3.09. The summed E-state index contributed by atoms with van der Waals surface area (Å²) >= 11 is 1.67. The molecular weight excluding hydrogens is 302 g/mol. The van der Waals surface area contributed by atoms with E-state index in [0.717, 1.165) is 42.6 Å². The number of thiazole rings is 1. The summed E-state index contributed by atoms with van der Waals surface area (Å²) in [6, 6.07) is 1.92. The molecule has 118 valence electrons. The second-order valence-electron chi connectivity index (χ2n) is 5.29. The molecule has 1 saturated heterocycles. The number of aromatic nitrogens is 1. The van der Waals surface area contributed by atoms with Gasteiger partial charge in [-0.2, -0.15) is 0 Å². The number of piperazine rings is 1. The molecule has 6 nitrogen and oxygen atoms in total. The van der Waals surface area contributed by atoms with E-state index >= 15 is 0 Å². The molecule has 3 heterocycles. The molecule has 0 aromatic carbocycles. The van der Waals surface area contributed by atoms with Gasteiger partial charge in [0.2, 0.25) is 5.76 Å². The molecule has 0 unspecified atom stereocenters. The second kappa shape index (κ2) is 6.50. The van der Waals surface area contributed by atoms with Crippen molar-refractivity contribution in [3.8, 4) is 0 Å². The molecule has 22 heavy (non-hydrogen) atoms. The van der Waals surface area contributed by atoms with Crippen LogP contribution in [-0.4, -0.2) is 49.1 Å². The van der Waals surface area contributed by atoms with Crippen LogP contribution in [-0.2, 0) is 11.3 Å². The number of carbonyl (C=O) groups excluding carboxylic acids is 1. The third kappa shape index (κ3) is 3.15. The van der Waals surface area contributed by atoms with Crippen molar-refractivity contribution in [3.63, 3.8) is 0 Å². The fourth-order valence-electron chi connectivity index (χ4n) is 2.61. The molecule has 1 fully saturated rings. The van der Waals surface area contributed by atoms with Crippen LogP contribution < -0.4 is 4.90 Å². The Morgan fingerprint density at radius 2 is 2.18 bits per heavy atom. The molecule has 0 radical (unpaired) electrons. The SMILES string of the molecule is COC(=O)c1oc(CN2CCN(c3nccs3)CC2)cc1C. The number of carbonyl (C=O) groups is 1. The first-order chi connectivity index (χ1) is 10.7. The molecule has 2 aromatic rings. The number of rotatable bonds is 4. The van der Waals surface area contributed by atoms with E-state index in [1.54, 1.807) is 11.3 Å². The van der Waals surface area contributed by atoms with Crippen LogP contribution in [0.1, 0.15) is 21.9 Å². The minimum Gasteiger partial charge on any atom is -0.463 e. The minimum atomic E-state index is -0.419. The summed E-state index contributed by atoms with van der Waals surface area (Å²) in [4.78, 5) is 20.5. The van der Waals surface area contributed by atoms with E-state index in [1.807, 2.05) is 24.6 Å². The first kappa shape index (κ1) is 15.1. The van der Waals surface area contributed by atoms with Crippen molar-refractivity contribution >= 4 is 22.4 Å². The first-order valence-corrected chi connectivity index (χ1v) is 8.10. The lowest BCUT2D eigenvalue weighted by atomic mass is 10.2. The zero-order chi connectivity index (χ0) is 15.5. The van der Waals surface area contributed by atoms with Crippen LogP contribution in [0, 0.1) is 6.92 Å². The van der Waals surface area contributed by atoms with Gasteiger partial charge in [0.15, 0.2) is 5.13 Å². The lowest BCUT2D eigenvalue weighted by molar-refractivity contribution is 0.0560. The van der Waals surface area contributed by atoms with Gasteiger partial charge in [0.1, 0.15) is 5.76 Å². The van der Waals surface area contributed by atoms with Crippen molar-refractivity contribution in [2.75, 3.05) is 38.2 Å². The van der Waals surface area contributed by atoms with Gasteiger partial charge >= 0.3 is 5.97 Å². The van der Waals surface area contributed by atoms with E-state index in [2.05, 4.69) is 14.8 Å². The molecule has 3 rings (SSSR count). The smallest absolute Gasteiger partial charge is 0.374 e. The lowest BCUT2D eigenvalue weighted by Crippen LogP contribution is -2.45. The summed E-state index contributed by atoms with van der Waals surface area (Å²) in [5.74, 6) is 0.692. The Hall–Kier alpha value is -1.86. The first-order valence-electron chi connectivity index (χ1n) is 7.22. The minimum absolute atomic E-state index is 0.305. The van der Waals surface area contributed by atoms with Gasteiger partial charge in [0.25, 0.3) is 0 Å². The Balaban J connectivity index is 1.58. The number of aryl methyl sites for hydroxylation is 1. The number of furan rings is 1. The number of anilines is 1. The molecule has 1 aliphatic rings. The van der Waals surface area contributed by atoms with Crippen LogP contribution in [0.5, 0.6) is 0 Å². The molecule has 0 N–H and O–H groups in total. The highest BCUT2D eigenvalue weighted by Crippen LogP contribution is 2.21. The van der Waals surface area contributed by atoms with Crippen LogP contribution in [0.3, 0.4) is 0 Å². The van der Waals surface area contributed by atoms with Crippen molar-refractivity contribution < 1.29 is 13.9 Å². The molecule has 0 bridgehead atoms. The normalized spacial score (nSPS) is 16.0. The number of hydrogen-bond acceptors (Lipinski definition) is 7. The van der Waals surface area contributed by atoms with Crippen LogP contribution >= 0.6 is 11.3 Å². The zero-order valence-electron chi connectivity index (χ0n) is 12.7. The zero-order valence-corrected chi connectivity index (χ0v) is 13.6. The van der Waals surface area contributed by atoms with Crippen molar-refractivity contribution in [1.82, 2.24) is 9.88 Å². The number of methoxy groups -OCH3 is 1. The Bertz CT molecular complexity index is 631. The van der Waals surface area contributed by atoms with Gasteiger partial charge in [-0.3, -0.25) is 4.90 Å². The monoisotopic (exact) mass is 321 g/mol. The van der Waals surface area contributed by atoms with Crippen LogP contribution in [0.4, 0.5) is 5.13 Å². The highest BCUT2D eigenvalue weighted by atomic mass is 32.1. The maximum atomic E-state index is 11.6. The van der Waals surface area contributed by atoms with E-state index in [0.29, 0.717) is 12.3 Å². The van der Waals surface area contributed by atoms with E-state index in [4.69, 9.17) is 9.15 Å². The van der Waals surface area contributed by atoms with Gasteiger partial charge < -0.3 is 14.1 Å². The van der Waals surface area contributed by atoms with E-state index in [-0.39, 0.29) is 0 Å². The topological polar surface area (TPSA) is 58.8 Å². The number of ether oxygens (including phenoxy) is 1. The molecule has 0 saturated carbocycles. The Morgan fingerprint density at radius 1 is 1.41 bits per heavy atom. The summed E-state index contributed by atoms with van der Waals surface area (Å²) in [6.07, 6.45) is 1.84. The molecule has 0 amide bonds. The fraction of sp³-hybridized carbons (Fsp3) is 0.467. The molecule has 7 heteroatoms. The van der Waals surface area contributed by atoms with E-state index in [9.17, 15) is 4.79 Å². The maximum absolute atomic E-state index is 11.6. The largest absolute Gasteiger partial charge is 0.463 e. The third-order valence-electron chi connectivity index (χ3n) is 3.78. The predicted octanol–water partition coefficient (Wildman–Crippen LogP) is 2.15. The number of nitrogens with zero attached hydrogens (tertiary/aromatic N) is 3. The highest BCUT2D eigenvalue weighted by molar-refractivity contribution is 7.13. The predicted molar refractivity (Wildman–Crippen MR) is 84.4 cm³/mol. The van der Waals surface area contributed by atoms with Gasteiger partial charge in [0.05, 0.1) is 13.7 Å². The van der Waals surface area contributed by atoms with Gasteiger partial charge in [0, 0.05) is 43.3 Å². The maximum Gasteiger partial charge on any atom is 0.374 e. The van der Waals surface area contributed by atoms with Crippen molar-refractivity contribution in [1.29, 1.82) is 0 Å². The number of hydrogen-bond donors (Lipinski definition) is 0. The molecule has 0 spiro atoms. The average molecular weight is 321 g/mol. The van der Waals surface area contributed by atoms with Crippen molar-refractivity contribution in [2.45, 2.75) is 13.5 Å². The fourth-order valence-corrected chi connectivity index (χ4v) is 3.31. The average Bonchev–Trinajstić information content (AvgIpc) is 3.17. The molecule has 0 atom stereocenters. The van der Waals surface area contributed by atoms with Gasteiger partial charge in [-0.1, -0.05) is 0 Å². The van der Waals surface area contributed by atoms with Gasteiger partial charge in [-0.25, -0.2) is 9.78 Å². The lowest BCUT2D eigenvalue weighted by Gasteiger charge is -2.34. The summed E-state index contributed by atoms with van der Waals surface area (Å²) in [5.41, 5.74) is 0.822. The molecule has 1 aliphatic heterocycles. The van der Waals surface area contributed by atoms with E-state index < -0.39 is 5.97 Å². The Labute approximate surface area is 133 Å². The van der Waals surface area contributed by atoms with Crippen molar-refractivity contribution in [2.24, 2.45) is 0 Å². The standard InChI is InChI=1S/C15H19N3O3S/c1-11-9-12(21-13(11)14(19)20-2)10-17-4-6-18(7-5-17)15-16-3-8-22-15/h3,8-9H,4-7,10H2,1-2H3.